The number of nitrogens with one attached hydrogen (secondary N) is 1. The largest absolute Gasteiger partial charge is 0.484 e. The van der Waals surface area contributed by atoms with Gasteiger partial charge in [0.2, 0.25) is 0 Å². The van der Waals surface area contributed by atoms with E-state index in [9.17, 15) is 14.9 Å². The topological polar surface area (TPSA) is 81.5 Å². The molecule has 0 spiro atoms. The third-order valence-electron chi connectivity index (χ3n) is 4.65. The molecule has 136 valence electrons. The third kappa shape index (κ3) is 4.39. The average molecular weight is 354 g/mol. The number of amides is 1. The van der Waals surface area contributed by atoms with Gasteiger partial charge in [0.25, 0.3) is 11.6 Å². The summed E-state index contributed by atoms with van der Waals surface area (Å²) in [7, 11) is 0. The summed E-state index contributed by atoms with van der Waals surface area (Å²) in [5, 5.41) is 13.7. The zero-order valence-corrected chi connectivity index (χ0v) is 14.7. The van der Waals surface area contributed by atoms with Crippen LogP contribution in [0.25, 0.3) is 0 Å². The summed E-state index contributed by atoms with van der Waals surface area (Å²) in [4.78, 5) is 22.4. The lowest BCUT2D eigenvalue weighted by atomic mass is 9.89. The van der Waals surface area contributed by atoms with Gasteiger partial charge in [-0.3, -0.25) is 14.9 Å². The Morgan fingerprint density at radius 1 is 1.19 bits per heavy atom. The highest BCUT2D eigenvalue weighted by Crippen LogP contribution is 2.25. The summed E-state index contributed by atoms with van der Waals surface area (Å²) in [6.07, 6.45) is 4.69. The van der Waals surface area contributed by atoms with Crippen molar-refractivity contribution in [3.63, 3.8) is 0 Å². The minimum absolute atomic E-state index is 0.0645. The molecule has 1 amide bonds. The number of non-ortho nitro benzene ring substituents is 1. The van der Waals surface area contributed by atoms with Gasteiger partial charge in [0.05, 0.1) is 17.0 Å². The molecule has 0 aromatic heterocycles. The quantitative estimate of drug-likeness (QED) is 0.633. The van der Waals surface area contributed by atoms with Gasteiger partial charge in [-0.05, 0) is 55.4 Å². The molecule has 3 rings (SSSR count). The number of carbonyl (C=O) groups excluding carboxylic acids is 1. The van der Waals surface area contributed by atoms with Crippen LogP contribution in [0, 0.1) is 10.1 Å². The van der Waals surface area contributed by atoms with Crippen LogP contribution in [0.2, 0.25) is 0 Å². The smallest absolute Gasteiger partial charge is 0.273 e. The van der Waals surface area contributed by atoms with E-state index in [-0.39, 0.29) is 24.2 Å². The van der Waals surface area contributed by atoms with Crippen molar-refractivity contribution in [1.82, 2.24) is 5.32 Å². The Bertz CT molecular complexity index is 819. The molecule has 2 aromatic carbocycles. The van der Waals surface area contributed by atoms with Gasteiger partial charge in [-0.15, -0.1) is 0 Å². The maximum Gasteiger partial charge on any atom is 0.273 e. The first kappa shape index (κ1) is 17.9. The summed E-state index contributed by atoms with van der Waals surface area (Å²) in [6.45, 7) is 1.76. The van der Waals surface area contributed by atoms with Gasteiger partial charge < -0.3 is 10.1 Å². The van der Waals surface area contributed by atoms with Crippen LogP contribution in [-0.2, 0) is 17.6 Å². The molecule has 6 nitrogen and oxygen atoms in total. The molecule has 0 fully saturated rings. The highest BCUT2D eigenvalue weighted by atomic mass is 16.6. The van der Waals surface area contributed by atoms with Crippen molar-refractivity contribution in [2.75, 3.05) is 6.61 Å². The summed E-state index contributed by atoms with van der Waals surface area (Å²) >= 11 is 0. The number of rotatable bonds is 6. The second-order valence-corrected chi connectivity index (χ2v) is 6.57. The van der Waals surface area contributed by atoms with E-state index in [4.69, 9.17) is 4.74 Å². The summed E-state index contributed by atoms with van der Waals surface area (Å²) in [5.74, 6) is 0.0394. The first-order chi connectivity index (χ1) is 12.5. The third-order valence-corrected chi connectivity index (χ3v) is 4.65. The fourth-order valence-electron chi connectivity index (χ4n) is 3.22. The minimum atomic E-state index is -0.495. The Hall–Kier alpha value is -2.89. The molecule has 0 saturated carbocycles. The number of nitrogens with zero attached hydrogens (tertiary/aromatic N) is 1. The lowest BCUT2D eigenvalue weighted by Crippen LogP contribution is -2.31. The highest BCUT2D eigenvalue weighted by molar-refractivity contribution is 5.78. The molecule has 0 saturated heterocycles. The Morgan fingerprint density at radius 3 is 2.73 bits per heavy atom. The number of carbonyl (C=O) groups is 1. The van der Waals surface area contributed by atoms with E-state index in [0.29, 0.717) is 5.75 Å². The van der Waals surface area contributed by atoms with E-state index in [0.717, 1.165) is 18.4 Å². The number of fused-ring (bicyclic) bond motifs is 1. The van der Waals surface area contributed by atoms with Gasteiger partial charge in [0.15, 0.2) is 6.61 Å². The SMILES string of the molecule is C[C@H](NC(=O)COc1cccc([N+](=O)[O-])c1)c1ccc2c(c1)CCCC2. The van der Waals surface area contributed by atoms with Gasteiger partial charge in [0, 0.05) is 6.07 Å². The number of benzene rings is 2. The van der Waals surface area contributed by atoms with Crippen LogP contribution in [0.15, 0.2) is 42.5 Å². The van der Waals surface area contributed by atoms with Crippen LogP contribution in [0.3, 0.4) is 0 Å². The van der Waals surface area contributed by atoms with E-state index >= 15 is 0 Å². The van der Waals surface area contributed by atoms with Crippen LogP contribution in [0.1, 0.15) is 42.5 Å². The molecular formula is C20H22N2O4. The van der Waals surface area contributed by atoms with Crippen LogP contribution in [-0.4, -0.2) is 17.4 Å². The van der Waals surface area contributed by atoms with E-state index in [1.165, 1.54) is 42.2 Å². The van der Waals surface area contributed by atoms with Crippen LogP contribution < -0.4 is 10.1 Å². The van der Waals surface area contributed by atoms with Gasteiger partial charge >= 0.3 is 0 Å². The molecular weight excluding hydrogens is 332 g/mol. The molecule has 0 radical (unpaired) electrons. The van der Waals surface area contributed by atoms with Gasteiger partial charge in [0.1, 0.15) is 5.75 Å². The molecule has 1 aliphatic rings. The summed E-state index contributed by atoms with van der Waals surface area (Å²) in [6, 6.07) is 12.1. The van der Waals surface area contributed by atoms with E-state index in [1.54, 1.807) is 6.07 Å². The molecule has 1 aliphatic carbocycles. The molecule has 6 heteroatoms. The fourth-order valence-corrected chi connectivity index (χ4v) is 3.22. The Balaban J connectivity index is 1.56. The van der Waals surface area contributed by atoms with Crippen molar-refractivity contribution in [1.29, 1.82) is 0 Å². The van der Waals surface area contributed by atoms with E-state index in [1.807, 2.05) is 6.92 Å². The maximum atomic E-state index is 12.1. The molecule has 0 bridgehead atoms. The predicted octanol–water partition coefficient (Wildman–Crippen LogP) is 3.73. The number of aryl methyl sites for hydroxylation is 2. The lowest BCUT2D eigenvalue weighted by molar-refractivity contribution is -0.384. The van der Waals surface area contributed by atoms with Crippen LogP contribution in [0.5, 0.6) is 5.75 Å². The molecule has 1 N–H and O–H groups in total. The molecule has 2 aromatic rings. The van der Waals surface area contributed by atoms with Gasteiger partial charge in [-0.1, -0.05) is 24.3 Å². The Morgan fingerprint density at radius 2 is 1.96 bits per heavy atom. The number of ether oxygens (including phenoxy) is 1. The monoisotopic (exact) mass is 354 g/mol. The van der Waals surface area contributed by atoms with Crippen molar-refractivity contribution in [3.8, 4) is 5.75 Å². The minimum Gasteiger partial charge on any atom is -0.484 e. The summed E-state index contributed by atoms with van der Waals surface area (Å²) < 4.78 is 5.37. The highest BCUT2D eigenvalue weighted by Gasteiger charge is 2.15. The molecule has 0 heterocycles. The number of nitro benzene ring substituents is 1. The first-order valence-electron chi connectivity index (χ1n) is 8.81. The van der Waals surface area contributed by atoms with Crippen LogP contribution >= 0.6 is 0 Å². The van der Waals surface area contributed by atoms with Gasteiger partial charge in [-0.2, -0.15) is 0 Å². The van der Waals surface area contributed by atoms with Gasteiger partial charge in [-0.25, -0.2) is 0 Å². The second kappa shape index (κ2) is 7.99. The normalized spacial score (nSPS) is 14.2. The van der Waals surface area contributed by atoms with Crippen molar-refractivity contribution >= 4 is 11.6 Å². The predicted molar refractivity (Wildman–Crippen MR) is 98.2 cm³/mol. The Labute approximate surface area is 152 Å². The number of nitro groups is 1. The zero-order chi connectivity index (χ0) is 18.5. The van der Waals surface area contributed by atoms with Crippen molar-refractivity contribution in [2.45, 2.75) is 38.6 Å². The van der Waals surface area contributed by atoms with Crippen molar-refractivity contribution < 1.29 is 14.5 Å². The molecule has 0 unspecified atom stereocenters. The van der Waals surface area contributed by atoms with E-state index < -0.39 is 4.92 Å². The standard InChI is InChI=1S/C20H22N2O4/c1-14(16-10-9-15-5-2-3-6-17(15)11-16)21-20(23)13-26-19-8-4-7-18(12-19)22(24)25/h4,7-12,14H,2-3,5-6,13H2,1H3,(H,21,23)/t14-/m0/s1. The number of hydrogen-bond acceptors (Lipinski definition) is 4. The fraction of sp³-hybridized carbons (Fsp3) is 0.350. The second-order valence-electron chi connectivity index (χ2n) is 6.57. The van der Waals surface area contributed by atoms with Crippen LogP contribution in [0.4, 0.5) is 5.69 Å². The molecule has 26 heavy (non-hydrogen) atoms. The Kier molecular flexibility index (Phi) is 5.51. The van der Waals surface area contributed by atoms with E-state index in [2.05, 4.69) is 23.5 Å². The molecule has 0 aliphatic heterocycles. The zero-order valence-electron chi connectivity index (χ0n) is 14.7. The number of hydrogen-bond donors (Lipinski definition) is 1. The van der Waals surface area contributed by atoms with Crippen molar-refractivity contribution in [3.05, 3.63) is 69.3 Å². The average Bonchev–Trinajstić information content (AvgIpc) is 2.66. The lowest BCUT2D eigenvalue weighted by Gasteiger charge is -2.20. The van der Waals surface area contributed by atoms with Crippen molar-refractivity contribution in [2.24, 2.45) is 0 Å². The maximum absolute atomic E-state index is 12.1. The first-order valence-corrected chi connectivity index (χ1v) is 8.81. The summed E-state index contributed by atoms with van der Waals surface area (Å²) in [5.41, 5.74) is 3.80. The molecule has 1 atom stereocenters.